The summed E-state index contributed by atoms with van der Waals surface area (Å²) < 4.78 is 39.5. The Morgan fingerprint density at radius 3 is 2.52 bits per heavy atom. The summed E-state index contributed by atoms with van der Waals surface area (Å²) >= 11 is 0. The number of piperidine rings is 1. The third-order valence-electron chi connectivity index (χ3n) is 4.89. The van der Waals surface area contributed by atoms with E-state index in [4.69, 9.17) is 0 Å². The molecule has 0 atom stereocenters. The third kappa shape index (κ3) is 4.50. The van der Waals surface area contributed by atoms with E-state index in [-0.39, 0.29) is 11.3 Å². The van der Waals surface area contributed by atoms with Gasteiger partial charge in [0.25, 0.3) is 5.91 Å². The van der Waals surface area contributed by atoms with Crippen LogP contribution in [-0.2, 0) is 11.0 Å². The van der Waals surface area contributed by atoms with E-state index in [1.54, 1.807) is 13.1 Å². The predicted octanol–water partition coefficient (Wildman–Crippen LogP) is 3.87. The van der Waals surface area contributed by atoms with Crippen molar-refractivity contribution >= 4 is 17.8 Å². The normalized spacial score (nSPS) is 17.7. The quantitative estimate of drug-likeness (QED) is 0.621. The summed E-state index contributed by atoms with van der Waals surface area (Å²) in [4.78, 5) is 15.2. The fraction of sp³-hybridized carbons (Fsp3) is 0.474. The number of alkyl halides is 3. The number of carbonyl (C=O) groups is 1. The lowest BCUT2D eigenvalue weighted by Gasteiger charge is -2.43. The summed E-state index contributed by atoms with van der Waals surface area (Å²) in [6.07, 6.45) is -0.479. The Balaban J connectivity index is 2.35. The van der Waals surface area contributed by atoms with E-state index in [2.05, 4.69) is 21.9 Å². The molecule has 1 aromatic rings. The molecule has 0 saturated carbocycles. The lowest BCUT2D eigenvalue weighted by molar-refractivity contribution is -0.138. The van der Waals surface area contributed by atoms with Crippen LogP contribution in [0.15, 0.2) is 36.1 Å². The molecule has 1 aromatic carbocycles. The molecule has 5 nitrogen and oxygen atoms in total. The number of rotatable bonds is 5. The maximum atomic E-state index is 13.2. The molecular weight excluding hydrogens is 357 g/mol. The average Bonchev–Trinajstić information content (AvgIpc) is 2.61. The number of anilines is 1. The highest BCUT2D eigenvalue weighted by Gasteiger charge is 2.45. The highest BCUT2D eigenvalue weighted by molar-refractivity contribution is 5.98. The second-order valence-electron chi connectivity index (χ2n) is 6.72. The number of carbonyl (C=O) groups excluding carboxylic acids is 1. The molecule has 2 rings (SSSR count). The van der Waals surface area contributed by atoms with Gasteiger partial charge >= 0.3 is 6.18 Å². The molecule has 0 radical (unpaired) electrons. The molecule has 0 bridgehead atoms. The molecule has 0 spiro atoms. The number of aryl methyl sites for hydroxylation is 1. The van der Waals surface area contributed by atoms with Gasteiger partial charge in [-0.05, 0) is 51.4 Å². The summed E-state index contributed by atoms with van der Waals surface area (Å²) in [6, 6.07) is 3.80. The van der Waals surface area contributed by atoms with Crippen LogP contribution in [0.1, 0.15) is 30.9 Å². The molecule has 8 heteroatoms. The van der Waals surface area contributed by atoms with Gasteiger partial charge in [-0.25, -0.2) is 0 Å². The van der Waals surface area contributed by atoms with Gasteiger partial charge in [-0.1, -0.05) is 12.6 Å². The third-order valence-corrected chi connectivity index (χ3v) is 4.89. The van der Waals surface area contributed by atoms with E-state index in [9.17, 15) is 18.0 Å². The predicted molar refractivity (Wildman–Crippen MR) is 100 cm³/mol. The standard InChI is InChI=1S/C19H25F3N4O/c1-5-23-26(6-2)18(9-11-25(4)12-10-18)17(27)24-15-8-7-14(3)16(13-15)19(20,21)22/h5-8,13H,2,9-12H2,1,3-4H3,(H,24,27)/b23-5-. The Kier molecular flexibility index (Phi) is 6.30. The maximum Gasteiger partial charge on any atom is 0.416 e. The monoisotopic (exact) mass is 382 g/mol. The lowest BCUT2D eigenvalue weighted by Crippen LogP contribution is -2.58. The number of hydrazone groups is 1. The van der Waals surface area contributed by atoms with Crippen molar-refractivity contribution in [3.8, 4) is 0 Å². The molecule has 27 heavy (non-hydrogen) atoms. The van der Waals surface area contributed by atoms with Gasteiger partial charge < -0.3 is 10.2 Å². The molecule has 148 valence electrons. The fourth-order valence-electron chi connectivity index (χ4n) is 3.26. The minimum absolute atomic E-state index is 0.109. The molecule has 0 aromatic heterocycles. The van der Waals surface area contributed by atoms with Crippen molar-refractivity contribution in [1.29, 1.82) is 0 Å². The molecule has 1 heterocycles. The van der Waals surface area contributed by atoms with Gasteiger partial charge in [0.05, 0.1) is 5.56 Å². The number of nitrogens with one attached hydrogen (secondary N) is 1. The first-order chi connectivity index (χ1) is 12.6. The zero-order valence-electron chi connectivity index (χ0n) is 15.8. The van der Waals surface area contributed by atoms with Crippen LogP contribution in [0.5, 0.6) is 0 Å². The molecule has 1 N–H and O–H groups in total. The van der Waals surface area contributed by atoms with Crippen LogP contribution >= 0.6 is 0 Å². The first-order valence-electron chi connectivity index (χ1n) is 8.72. The van der Waals surface area contributed by atoms with E-state index in [1.165, 1.54) is 30.3 Å². The fourth-order valence-corrected chi connectivity index (χ4v) is 3.26. The first-order valence-corrected chi connectivity index (χ1v) is 8.72. The minimum atomic E-state index is -4.48. The number of amides is 1. The topological polar surface area (TPSA) is 47.9 Å². The van der Waals surface area contributed by atoms with Gasteiger partial charge in [0, 0.05) is 31.2 Å². The molecular formula is C19H25F3N4O. The summed E-state index contributed by atoms with van der Waals surface area (Å²) in [5.74, 6) is -0.391. The van der Waals surface area contributed by atoms with E-state index in [1.807, 2.05) is 7.05 Å². The SMILES string of the molecule is C=CN(/N=C\C)C1(C(=O)Nc2ccc(C)c(C(F)(F)F)c2)CCN(C)CC1. The van der Waals surface area contributed by atoms with Crippen molar-refractivity contribution in [3.05, 3.63) is 42.1 Å². The highest BCUT2D eigenvalue weighted by Crippen LogP contribution is 2.35. The van der Waals surface area contributed by atoms with E-state index >= 15 is 0 Å². The van der Waals surface area contributed by atoms with Gasteiger partial charge in [-0.2, -0.15) is 18.3 Å². The Hall–Kier alpha value is -2.35. The van der Waals surface area contributed by atoms with Crippen LogP contribution in [0.25, 0.3) is 0 Å². The number of hydrogen-bond acceptors (Lipinski definition) is 4. The second kappa shape index (κ2) is 8.12. The van der Waals surface area contributed by atoms with Crippen LogP contribution in [0.2, 0.25) is 0 Å². The highest BCUT2D eigenvalue weighted by atomic mass is 19.4. The molecule has 0 unspecified atom stereocenters. The Morgan fingerprint density at radius 2 is 2.00 bits per heavy atom. The largest absolute Gasteiger partial charge is 0.416 e. The second-order valence-corrected chi connectivity index (χ2v) is 6.72. The number of nitrogens with zero attached hydrogens (tertiary/aromatic N) is 3. The molecule has 1 amide bonds. The van der Waals surface area contributed by atoms with Crippen LogP contribution in [-0.4, -0.2) is 47.7 Å². The zero-order chi connectivity index (χ0) is 20.2. The number of hydrogen-bond donors (Lipinski definition) is 1. The molecule has 1 aliphatic heterocycles. The smallest absolute Gasteiger partial charge is 0.324 e. The molecule has 1 fully saturated rings. The van der Waals surface area contributed by atoms with Crippen LogP contribution in [0, 0.1) is 6.92 Å². The van der Waals surface area contributed by atoms with E-state index in [0.29, 0.717) is 25.9 Å². The van der Waals surface area contributed by atoms with Gasteiger partial charge in [0.1, 0.15) is 5.54 Å². The molecule has 1 saturated heterocycles. The Morgan fingerprint density at radius 1 is 1.37 bits per heavy atom. The maximum absolute atomic E-state index is 13.2. The van der Waals surface area contributed by atoms with Gasteiger partial charge in [-0.15, -0.1) is 0 Å². The number of benzene rings is 1. The Bertz CT molecular complexity index is 722. The van der Waals surface area contributed by atoms with Crippen LogP contribution < -0.4 is 5.32 Å². The molecule has 0 aliphatic carbocycles. The molecule has 1 aliphatic rings. The lowest BCUT2D eigenvalue weighted by atomic mass is 9.85. The average molecular weight is 382 g/mol. The summed E-state index contributed by atoms with van der Waals surface area (Å²) in [5, 5.41) is 8.40. The summed E-state index contributed by atoms with van der Waals surface area (Å²) in [6.45, 7) is 8.19. The van der Waals surface area contributed by atoms with Crippen LogP contribution in [0.4, 0.5) is 18.9 Å². The van der Waals surface area contributed by atoms with Crippen molar-refractivity contribution < 1.29 is 18.0 Å². The van der Waals surface area contributed by atoms with Crippen LogP contribution in [0.3, 0.4) is 0 Å². The number of likely N-dealkylation sites (tertiary alicyclic amines) is 1. The van der Waals surface area contributed by atoms with Gasteiger partial charge in [0.2, 0.25) is 0 Å². The van der Waals surface area contributed by atoms with Crippen molar-refractivity contribution in [2.24, 2.45) is 5.10 Å². The van der Waals surface area contributed by atoms with Crippen molar-refractivity contribution in [2.75, 3.05) is 25.5 Å². The number of halogens is 3. The minimum Gasteiger partial charge on any atom is -0.324 e. The van der Waals surface area contributed by atoms with Crippen molar-refractivity contribution in [3.63, 3.8) is 0 Å². The van der Waals surface area contributed by atoms with Crippen molar-refractivity contribution in [1.82, 2.24) is 9.91 Å². The Labute approximate surface area is 157 Å². The summed E-state index contributed by atoms with van der Waals surface area (Å²) in [7, 11) is 1.96. The van der Waals surface area contributed by atoms with Gasteiger partial charge in [-0.3, -0.25) is 9.80 Å². The zero-order valence-corrected chi connectivity index (χ0v) is 15.8. The van der Waals surface area contributed by atoms with Crippen molar-refractivity contribution in [2.45, 2.75) is 38.4 Å². The first kappa shape index (κ1) is 21.0. The van der Waals surface area contributed by atoms with Gasteiger partial charge in [0.15, 0.2) is 0 Å². The van der Waals surface area contributed by atoms with E-state index < -0.39 is 23.2 Å². The summed E-state index contributed by atoms with van der Waals surface area (Å²) in [5.41, 5.74) is -1.53. The van der Waals surface area contributed by atoms with E-state index in [0.717, 1.165) is 6.07 Å².